The standard InChI is InChI=1S/C28H40N2O3/c1-20(2)18-29-27(32)21(3)30(19-23-9-8-10-25(17-23)33-7)26(31)16-13-22-11-14-24(15-12-22)28(4,5)6/h8-12,14-15,17,20-21H,13,16,18-19H2,1-7H3,(H,29,32)/t21-/m0/s1. The van der Waals surface area contributed by atoms with Crippen LogP contribution in [0, 0.1) is 5.92 Å². The third-order valence-electron chi connectivity index (χ3n) is 5.79. The van der Waals surface area contributed by atoms with Crippen LogP contribution in [0.3, 0.4) is 0 Å². The van der Waals surface area contributed by atoms with Gasteiger partial charge in [-0.05, 0) is 53.5 Å². The summed E-state index contributed by atoms with van der Waals surface area (Å²) in [6.07, 6.45) is 0.985. The summed E-state index contributed by atoms with van der Waals surface area (Å²) >= 11 is 0. The average Bonchev–Trinajstić information content (AvgIpc) is 2.78. The number of methoxy groups -OCH3 is 1. The zero-order valence-electron chi connectivity index (χ0n) is 21.3. The Labute approximate surface area is 199 Å². The Balaban J connectivity index is 2.14. The first-order chi connectivity index (χ1) is 15.5. The predicted molar refractivity (Wildman–Crippen MR) is 134 cm³/mol. The van der Waals surface area contributed by atoms with Crippen molar-refractivity contribution >= 4 is 11.8 Å². The molecular formula is C28H40N2O3. The molecule has 0 saturated heterocycles. The van der Waals surface area contributed by atoms with Crippen LogP contribution in [-0.4, -0.2) is 36.4 Å². The third kappa shape index (κ3) is 8.23. The van der Waals surface area contributed by atoms with Gasteiger partial charge in [0.25, 0.3) is 0 Å². The van der Waals surface area contributed by atoms with E-state index in [0.29, 0.717) is 31.8 Å². The molecule has 180 valence electrons. The van der Waals surface area contributed by atoms with Gasteiger partial charge in [-0.2, -0.15) is 0 Å². The smallest absolute Gasteiger partial charge is 0.242 e. The summed E-state index contributed by atoms with van der Waals surface area (Å²) in [4.78, 5) is 27.8. The van der Waals surface area contributed by atoms with Gasteiger partial charge in [0.2, 0.25) is 11.8 Å². The number of benzene rings is 2. The summed E-state index contributed by atoms with van der Waals surface area (Å²) < 4.78 is 5.33. The topological polar surface area (TPSA) is 58.6 Å². The molecule has 33 heavy (non-hydrogen) atoms. The molecule has 1 atom stereocenters. The number of ether oxygens (including phenoxy) is 1. The van der Waals surface area contributed by atoms with Gasteiger partial charge >= 0.3 is 0 Å². The molecule has 0 aliphatic carbocycles. The van der Waals surface area contributed by atoms with E-state index in [9.17, 15) is 9.59 Å². The minimum atomic E-state index is -0.564. The number of carbonyl (C=O) groups is 2. The summed E-state index contributed by atoms with van der Waals surface area (Å²) in [5.74, 6) is 0.912. The van der Waals surface area contributed by atoms with Crippen LogP contribution in [-0.2, 0) is 28.0 Å². The third-order valence-corrected chi connectivity index (χ3v) is 5.79. The predicted octanol–water partition coefficient (Wildman–Crippen LogP) is 5.11. The molecule has 5 heteroatoms. The van der Waals surface area contributed by atoms with Crippen LogP contribution in [0.2, 0.25) is 0 Å². The monoisotopic (exact) mass is 452 g/mol. The Morgan fingerprint density at radius 2 is 1.67 bits per heavy atom. The Kier molecular flexibility index (Phi) is 9.51. The van der Waals surface area contributed by atoms with E-state index in [1.54, 1.807) is 18.9 Å². The highest BCUT2D eigenvalue weighted by molar-refractivity contribution is 5.87. The van der Waals surface area contributed by atoms with E-state index in [0.717, 1.165) is 16.9 Å². The Hall–Kier alpha value is -2.82. The largest absolute Gasteiger partial charge is 0.497 e. The van der Waals surface area contributed by atoms with Crippen molar-refractivity contribution in [2.75, 3.05) is 13.7 Å². The van der Waals surface area contributed by atoms with E-state index in [2.05, 4.69) is 64.2 Å². The molecule has 1 N–H and O–H groups in total. The van der Waals surface area contributed by atoms with E-state index in [1.807, 2.05) is 24.3 Å². The van der Waals surface area contributed by atoms with Crippen LogP contribution in [0.15, 0.2) is 48.5 Å². The van der Waals surface area contributed by atoms with Crippen molar-refractivity contribution in [2.45, 2.75) is 72.4 Å². The highest BCUT2D eigenvalue weighted by Gasteiger charge is 2.26. The molecule has 0 fully saturated rings. The molecule has 2 aromatic rings. The molecule has 0 unspecified atom stereocenters. The number of carbonyl (C=O) groups excluding carboxylic acids is 2. The van der Waals surface area contributed by atoms with Crippen molar-refractivity contribution in [3.8, 4) is 5.75 Å². The van der Waals surface area contributed by atoms with E-state index in [4.69, 9.17) is 4.74 Å². The number of aryl methyl sites for hydroxylation is 1. The van der Waals surface area contributed by atoms with Gasteiger partial charge in [0.1, 0.15) is 11.8 Å². The van der Waals surface area contributed by atoms with E-state index < -0.39 is 6.04 Å². The molecule has 0 aliphatic heterocycles. The normalized spacial score (nSPS) is 12.4. The highest BCUT2D eigenvalue weighted by Crippen LogP contribution is 2.23. The lowest BCUT2D eigenvalue weighted by molar-refractivity contribution is -0.140. The van der Waals surface area contributed by atoms with Gasteiger partial charge in [0.15, 0.2) is 0 Å². The van der Waals surface area contributed by atoms with Crippen molar-refractivity contribution in [2.24, 2.45) is 5.92 Å². The first-order valence-electron chi connectivity index (χ1n) is 11.8. The van der Waals surface area contributed by atoms with Crippen molar-refractivity contribution in [1.82, 2.24) is 10.2 Å². The minimum absolute atomic E-state index is 0.0371. The SMILES string of the molecule is COc1cccc(CN(C(=O)CCc2ccc(C(C)(C)C)cc2)[C@@H](C)C(=O)NCC(C)C)c1. The van der Waals surface area contributed by atoms with Gasteiger partial charge in [0.05, 0.1) is 7.11 Å². The fourth-order valence-electron chi connectivity index (χ4n) is 3.57. The molecule has 5 nitrogen and oxygen atoms in total. The van der Waals surface area contributed by atoms with Crippen molar-refractivity contribution in [1.29, 1.82) is 0 Å². The zero-order valence-corrected chi connectivity index (χ0v) is 21.3. The lowest BCUT2D eigenvalue weighted by Crippen LogP contribution is -2.48. The summed E-state index contributed by atoms with van der Waals surface area (Å²) in [6, 6.07) is 15.5. The molecule has 2 rings (SSSR count). The van der Waals surface area contributed by atoms with Crippen LogP contribution in [0.25, 0.3) is 0 Å². The van der Waals surface area contributed by atoms with E-state index in [1.165, 1.54) is 5.56 Å². The maximum absolute atomic E-state index is 13.3. The summed E-state index contributed by atoms with van der Waals surface area (Å²) in [5, 5.41) is 2.96. The second-order valence-electron chi connectivity index (χ2n) is 10.1. The lowest BCUT2D eigenvalue weighted by atomic mass is 9.86. The molecule has 0 saturated carbocycles. The number of nitrogens with one attached hydrogen (secondary N) is 1. The maximum Gasteiger partial charge on any atom is 0.242 e. The fourth-order valence-corrected chi connectivity index (χ4v) is 3.57. The lowest BCUT2D eigenvalue weighted by Gasteiger charge is -2.29. The second-order valence-corrected chi connectivity index (χ2v) is 10.1. The van der Waals surface area contributed by atoms with Gasteiger partial charge in [-0.3, -0.25) is 9.59 Å². The molecular weight excluding hydrogens is 412 g/mol. The Bertz CT molecular complexity index is 913. The first kappa shape index (κ1) is 26.4. The van der Waals surface area contributed by atoms with Crippen LogP contribution in [0.4, 0.5) is 0 Å². The van der Waals surface area contributed by atoms with Crippen molar-refractivity contribution < 1.29 is 14.3 Å². The average molecular weight is 453 g/mol. The first-order valence-corrected chi connectivity index (χ1v) is 11.8. The van der Waals surface area contributed by atoms with Gasteiger partial charge in [0, 0.05) is 19.5 Å². The molecule has 0 bridgehead atoms. The molecule has 0 heterocycles. The number of nitrogens with zero attached hydrogens (tertiary/aromatic N) is 1. The number of hydrogen-bond donors (Lipinski definition) is 1. The van der Waals surface area contributed by atoms with Crippen LogP contribution in [0.1, 0.15) is 64.7 Å². The van der Waals surface area contributed by atoms with Gasteiger partial charge in [-0.1, -0.05) is 71.0 Å². The van der Waals surface area contributed by atoms with Crippen LogP contribution < -0.4 is 10.1 Å². The molecule has 0 aliphatic rings. The Morgan fingerprint density at radius 1 is 1.00 bits per heavy atom. The van der Waals surface area contributed by atoms with Crippen molar-refractivity contribution in [3.63, 3.8) is 0 Å². The minimum Gasteiger partial charge on any atom is -0.497 e. The van der Waals surface area contributed by atoms with Crippen LogP contribution >= 0.6 is 0 Å². The number of hydrogen-bond acceptors (Lipinski definition) is 3. The van der Waals surface area contributed by atoms with Gasteiger partial charge in [-0.25, -0.2) is 0 Å². The van der Waals surface area contributed by atoms with E-state index >= 15 is 0 Å². The Morgan fingerprint density at radius 3 is 2.24 bits per heavy atom. The fraction of sp³-hybridized carbons (Fsp3) is 0.500. The summed E-state index contributed by atoms with van der Waals surface area (Å²) in [5.41, 5.74) is 3.42. The zero-order chi connectivity index (χ0) is 24.6. The summed E-state index contributed by atoms with van der Waals surface area (Å²) in [6.45, 7) is 13.4. The molecule has 0 aromatic heterocycles. The molecule has 0 spiro atoms. The molecule has 2 aromatic carbocycles. The molecule has 2 amide bonds. The van der Waals surface area contributed by atoms with E-state index in [-0.39, 0.29) is 17.2 Å². The quantitative estimate of drug-likeness (QED) is 0.545. The van der Waals surface area contributed by atoms with Crippen molar-refractivity contribution in [3.05, 3.63) is 65.2 Å². The van der Waals surface area contributed by atoms with Crippen LogP contribution in [0.5, 0.6) is 5.75 Å². The second kappa shape index (κ2) is 11.9. The molecule has 0 radical (unpaired) electrons. The highest BCUT2D eigenvalue weighted by atomic mass is 16.5. The summed E-state index contributed by atoms with van der Waals surface area (Å²) in [7, 11) is 1.62. The van der Waals surface area contributed by atoms with Gasteiger partial charge < -0.3 is 15.0 Å². The number of amides is 2. The van der Waals surface area contributed by atoms with Gasteiger partial charge in [-0.15, -0.1) is 0 Å². The number of rotatable bonds is 10. The maximum atomic E-state index is 13.3.